The van der Waals surface area contributed by atoms with Gasteiger partial charge in [-0.25, -0.2) is 4.98 Å². The Morgan fingerprint density at radius 2 is 1.96 bits per heavy atom. The number of aryl methyl sites for hydroxylation is 2. The van der Waals surface area contributed by atoms with Crippen molar-refractivity contribution in [1.29, 1.82) is 0 Å². The smallest absolute Gasteiger partial charge is 0.269 e. The molecule has 8 heteroatoms. The number of nitrogens with one attached hydrogen (secondary N) is 1. The molecule has 0 saturated heterocycles. The highest BCUT2D eigenvalue weighted by Crippen LogP contribution is 2.35. The minimum Gasteiger partial charge on any atom is -0.397 e. The third-order valence-corrected chi connectivity index (χ3v) is 5.66. The van der Waals surface area contributed by atoms with Crippen molar-refractivity contribution in [2.24, 2.45) is 0 Å². The molecule has 7 nitrogen and oxygen atoms in total. The Labute approximate surface area is 164 Å². The number of nitrogens with zero attached hydrogens (tertiary/aromatic N) is 2. The number of carbonyl (C=O) groups excluding carboxylic acids is 1. The van der Waals surface area contributed by atoms with Gasteiger partial charge in [-0.3, -0.25) is 14.9 Å². The van der Waals surface area contributed by atoms with Gasteiger partial charge in [0, 0.05) is 28.6 Å². The van der Waals surface area contributed by atoms with Crippen molar-refractivity contribution in [1.82, 2.24) is 4.98 Å². The molecule has 3 N–H and O–H groups in total. The Morgan fingerprint density at radius 3 is 2.68 bits per heavy atom. The summed E-state index contributed by atoms with van der Waals surface area (Å²) in [7, 11) is 0. The Balaban J connectivity index is 1.72. The summed E-state index contributed by atoms with van der Waals surface area (Å²) in [5.41, 5.74) is 9.65. The summed E-state index contributed by atoms with van der Waals surface area (Å²) in [6.07, 6.45) is 0. The van der Waals surface area contributed by atoms with Gasteiger partial charge in [-0.1, -0.05) is 12.1 Å². The number of pyridine rings is 1. The van der Waals surface area contributed by atoms with Crippen LogP contribution in [0.15, 0.2) is 42.5 Å². The first-order chi connectivity index (χ1) is 13.3. The topological polar surface area (TPSA) is 111 Å². The zero-order chi connectivity index (χ0) is 20.0. The van der Waals surface area contributed by atoms with Crippen molar-refractivity contribution >= 4 is 55.4 Å². The van der Waals surface area contributed by atoms with Gasteiger partial charge in [-0.05, 0) is 43.2 Å². The standard InChI is InChI=1S/C20H16N4O3S/c1-10-3-4-12-9-14-17(21)18(28-20(14)23-16(12)7-10)19(25)22-15-6-5-13(24(26)27)8-11(15)2/h3-9H,21H2,1-2H3,(H,22,25). The quantitative estimate of drug-likeness (QED) is 0.384. The van der Waals surface area contributed by atoms with Crippen molar-refractivity contribution in [2.45, 2.75) is 13.8 Å². The predicted octanol–water partition coefficient (Wildman–Crippen LogP) is 4.81. The van der Waals surface area contributed by atoms with E-state index < -0.39 is 4.92 Å². The van der Waals surface area contributed by atoms with Crippen molar-refractivity contribution in [2.75, 3.05) is 11.1 Å². The van der Waals surface area contributed by atoms with Crippen LogP contribution in [0.1, 0.15) is 20.8 Å². The van der Waals surface area contributed by atoms with Crippen molar-refractivity contribution in [3.63, 3.8) is 0 Å². The molecule has 28 heavy (non-hydrogen) atoms. The van der Waals surface area contributed by atoms with Crippen LogP contribution in [0.2, 0.25) is 0 Å². The second kappa shape index (κ2) is 6.58. The molecule has 2 heterocycles. The summed E-state index contributed by atoms with van der Waals surface area (Å²) < 4.78 is 0. The molecule has 0 atom stereocenters. The molecule has 0 fully saturated rings. The molecule has 4 aromatic rings. The van der Waals surface area contributed by atoms with E-state index >= 15 is 0 Å². The van der Waals surface area contributed by atoms with Crippen LogP contribution < -0.4 is 11.1 Å². The Kier molecular flexibility index (Phi) is 4.20. The van der Waals surface area contributed by atoms with Gasteiger partial charge in [0.05, 0.1) is 16.1 Å². The summed E-state index contributed by atoms with van der Waals surface area (Å²) >= 11 is 1.23. The number of nitro benzene ring substituents is 1. The first-order valence-electron chi connectivity index (χ1n) is 8.49. The summed E-state index contributed by atoms with van der Waals surface area (Å²) in [5, 5.41) is 15.4. The molecule has 4 rings (SSSR count). The number of non-ortho nitro benzene ring substituents is 1. The maximum absolute atomic E-state index is 12.8. The molecule has 1 amide bonds. The van der Waals surface area contributed by atoms with Gasteiger partial charge in [-0.15, -0.1) is 11.3 Å². The number of thiophene rings is 1. The lowest BCUT2D eigenvalue weighted by Gasteiger charge is -2.07. The predicted molar refractivity (Wildman–Crippen MR) is 112 cm³/mol. The molecule has 0 radical (unpaired) electrons. The van der Waals surface area contributed by atoms with E-state index in [4.69, 9.17) is 5.73 Å². The van der Waals surface area contributed by atoms with Gasteiger partial charge < -0.3 is 11.1 Å². The van der Waals surface area contributed by atoms with E-state index in [9.17, 15) is 14.9 Å². The minimum atomic E-state index is -0.472. The highest BCUT2D eigenvalue weighted by Gasteiger charge is 2.19. The number of nitrogens with two attached hydrogens (primary N) is 1. The third-order valence-electron chi connectivity index (χ3n) is 4.55. The summed E-state index contributed by atoms with van der Waals surface area (Å²) in [5.74, 6) is -0.363. The number of rotatable bonds is 3. The van der Waals surface area contributed by atoms with Gasteiger partial charge in [0.1, 0.15) is 9.71 Å². The number of carbonyl (C=O) groups is 1. The van der Waals surface area contributed by atoms with Crippen molar-refractivity contribution < 1.29 is 9.72 Å². The number of nitro groups is 1. The minimum absolute atomic E-state index is 0.0249. The largest absolute Gasteiger partial charge is 0.397 e. The van der Waals surface area contributed by atoms with E-state index in [1.54, 1.807) is 6.92 Å². The average Bonchev–Trinajstić information content (AvgIpc) is 2.97. The SMILES string of the molecule is Cc1ccc2cc3c(N)c(C(=O)Nc4ccc([N+](=O)[O-])cc4C)sc3nc2c1. The molecular formula is C20H16N4O3S. The highest BCUT2D eigenvalue weighted by molar-refractivity contribution is 7.21. The molecule has 2 aromatic heterocycles. The normalized spacial score (nSPS) is 11.1. The average molecular weight is 392 g/mol. The van der Waals surface area contributed by atoms with Crippen LogP contribution in [-0.4, -0.2) is 15.8 Å². The maximum Gasteiger partial charge on any atom is 0.269 e. The number of hydrogen-bond acceptors (Lipinski definition) is 6. The van der Waals surface area contributed by atoms with Crippen LogP contribution in [0.3, 0.4) is 0 Å². The fraction of sp³-hybridized carbons (Fsp3) is 0.100. The lowest BCUT2D eigenvalue weighted by Crippen LogP contribution is -2.12. The number of nitrogen functional groups attached to an aromatic ring is 1. The first-order valence-corrected chi connectivity index (χ1v) is 9.31. The second-order valence-electron chi connectivity index (χ2n) is 6.59. The highest BCUT2D eigenvalue weighted by atomic mass is 32.1. The number of amides is 1. The molecule has 0 saturated carbocycles. The van der Waals surface area contributed by atoms with Crippen LogP contribution in [-0.2, 0) is 0 Å². The maximum atomic E-state index is 12.8. The number of anilines is 2. The van der Waals surface area contributed by atoms with Crippen LogP contribution in [0.5, 0.6) is 0 Å². The van der Waals surface area contributed by atoms with Gasteiger partial charge in [0.25, 0.3) is 11.6 Å². The Bertz CT molecular complexity index is 1280. The zero-order valence-electron chi connectivity index (χ0n) is 15.1. The summed E-state index contributed by atoms with van der Waals surface area (Å²) in [6.45, 7) is 3.70. The van der Waals surface area contributed by atoms with Crippen LogP contribution in [0, 0.1) is 24.0 Å². The van der Waals surface area contributed by atoms with Crippen molar-refractivity contribution in [3.8, 4) is 0 Å². The number of hydrogen-bond donors (Lipinski definition) is 2. The molecule has 0 aliphatic carbocycles. The van der Waals surface area contributed by atoms with E-state index in [0.717, 1.165) is 21.9 Å². The molecule has 140 valence electrons. The lowest BCUT2D eigenvalue weighted by molar-refractivity contribution is -0.384. The lowest BCUT2D eigenvalue weighted by atomic mass is 10.1. The van der Waals surface area contributed by atoms with Gasteiger partial charge in [0.15, 0.2) is 0 Å². The van der Waals surface area contributed by atoms with E-state index in [2.05, 4.69) is 10.3 Å². The molecule has 0 spiro atoms. The Morgan fingerprint density at radius 1 is 1.18 bits per heavy atom. The molecule has 0 unspecified atom stereocenters. The van der Waals surface area contributed by atoms with Crippen LogP contribution in [0.25, 0.3) is 21.1 Å². The zero-order valence-corrected chi connectivity index (χ0v) is 16.0. The van der Waals surface area contributed by atoms with Gasteiger partial charge in [-0.2, -0.15) is 0 Å². The van der Waals surface area contributed by atoms with Gasteiger partial charge >= 0.3 is 0 Å². The first kappa shape index (κ1) is 17.9. The van der Waals surface area contributed by atoms with Gasteiger partial charge in [0.2, 0.25) is 0 Å². The van der Waals surface area contributed by atoms with Crippen LogP contribution in [0.4, 0.5) is 17.1 Å². The number of benzene rings is 2. The summed E-state index contributed by atoms with van der Waals surface area (Å²) in [4.78, 5) is 28.9. The molecule has 0 bridgehead atoms. The monoisotopic (exact) mass is 392 g/mol. The molecular weight excluding hydrogens is 376 g/mol. The van der Waals surface area contributed by atoms with Crippen LogP contribution >= 0.6 is 11.3 Å². The van der Waals surface area contributed by atoms with E-state index in [-0.39, 0.29) is 11.6 Å². The third kappa shape index (κ3) is 3.03. The second-order valence-corrected chi connectivity index (χ2v) is 7.59. The van der Waals surface area contributed by atoms with E-state index in [1.807, 2.05) is 31.2 Å². The fourth-order valence-corrected chi connectivity index (χ4v) is 4.03. The fourth-order valence-electron chi connectivity index (χ4n) is 3.05. The summed E-state index contributed by atoms with van der Waals surface area (Å²) in [6, 6.07) is 12.2. The number of aromatic nitrogens is 1. The van der Waals surface area contributed by atoms with E-state index in [1.165, 1.54) is 29.5 Å². The van der Waals surface area contributed by atoms with Crippen molar-refractivity contribution in [3.05, 3.63) is 68.6 Å². The Hall–Kier alpha value is -3.52. The number of fused-ring (bicyclic) bond motifs is 2. The molecule has 2 aromatic carbocycles. The molecule has 0 aliphatic rings. The molecule has 0 aliphatic heterocycles. The van der Waals surface area contributed by atoms with E-state index in [0.29, 0.717) is 26.6 Å².